The minimum atomic E-state index is -0.155. The molecule has 8 heteroatoms. The van der Waals surface area contributed by atoms with Crippen LogP contribution in [-0.2, 0) is 9.47 Å². The van der Waals surface area contributed by atoms with E-state index in [1.807, 2.05) is 0 Å². The van der Waals surface area contributed by atoms with Gasteiger partial charge in [-0.25, -0.2) is 4.79 Å². The molecule has 2 aliphatic heterocycles. The molecule has 2 amide bonds. The SMILES string of the molecule is O=C(Nc1nncs1)N(C[C@H]1CCCO1)C[C@@H]1CCCO1. The van der Waals surface area contributed by atoms with E-state index < -0.39 is 0 Å². The van der Waals surface area contributed by atoms with Crippen molar-refractivity contribution in [3.8, 4) is 0 Å². The molecule has 2 atom stereocenters. The van der Waals surface area contributed by atoms with E-state index in [0.29, 0.717) is 18.2 Å². The van der Waals surface area contributed by atoms with Crippen LogP contribution in [0.5, 0.6) is 0 Å². The molecule has 21 heavy (non-hydrogen) atoms. The first-order chi connectivity index (χ1) is 10.3. The monoisotopic (exact) mass is 312 g/mol. The molecule has 3 rings (SSSR count). The van der Waals surface area contributed by atoms with Gasteiger partial charge in [0, 0.05) is 26.3 Å². The van der Waals surface area contributed by atoms with E-state index in [9.17, 15) is 4.79 Å². The van der Waals surface area contributed by atoms with Crippen molar-refractivity contribution < 1.29 is 14.3 Å². The number of hydrogen-bond donors (Lipinski definition) is 1. The number of carbonyl (C=O) groups is 1. The summed E-state index contributed by atoms with van der Waals surface area (Å²) in [7, 11) is 0. The van der Waals surface area contributed by atoms with Gasteiger partial charge in [0.05, 0.1) is 12.2 Å². The van der Waals surface area contributed by atoms with Gasteiger partial charge in [-0.1, -0.05) is 11.3 Å². The second kappa shape index (κ2) is 7.15. The van der Waals surface area contributed by atoms with Gasteiger partial charge in [-0.2, -0.15) is 0 Å². The van der Waals surface area contributed by atoms with Gasteiger partial charge in [-0.15, -0.1) is 10.2 Å². The number of hydrogen-bond acceptors (Lipinski definition) is 6. The summed E-state index contributed by atoms with van der Waals surface area (Å²) in [5.74, 6) is 0. The van der Waals surface area contributed by atoms with E-state index in [0.717, 1.165) is 38.9 Å². The lowest BCUT2D eigenvalue weighted by Gasteiger charge is -2.27. The summed E-state index contributed by atoms with van der Waals surface area (Å²) >= 11 is 1.31. The summed E-state index contributed by atoms with van der Waals surface area (Å²) < 4.78 is 11.3. The van der Waals surface area contributed by atoms with Gasteiger partial charge >= 0.3 is 6.03 Å². The third-order valence-corrected chi connectivity index (χ3v) is 4.36. The van der Waals surface area contributed by atoms with Crippen LogP contribution in [0.4, 0.5) is 9.93 Å². The van der Waals surface area contributed by atoms with Gasteiger partial charge in [-0.05, 0) is 25.7 Å². The maximum absolute atomic E-state index is 12.4. The van der Waals surface area contributed by atoms with Crippen LogP contribution in [0.15, 0.2) is 5.51 Å². The highest BCUT2D eigenvalue weighted by Gasteiger charge is 2.27. The molecule has 0 unspecified atom stereocenters. The van der Waals surface area contributed by atoms with Crippen molar-refractivity contribution >= 4 is 22.5 Å². The molecule has 0 saturated carbocycles. The van der Waals surface area contributed by atoms with Crippen LogP contribution in [0.2, 0.25) is 0 Å². The van der Waals surface area contributed by atoms with Crippen LogP contribution in [0, 0.1) is 0 Å². The van der Waals surface area contributed by atoms with Gasteiger partial charge in [0.15, 0.2) is 0 Å². The molecular weight excluding hydrogens is 292 g/mol. The zero-order valence-corrected chi connectivity index (χ0v) is 12.7. The summed E-state index contributed by atoms with van der Waals surface area (Å²) in [5.41, 5.74) is 1.60. The molecule has 116 valence electrons. The summed E-state index contributed by atoms with van der Waals surface area (Å²) in [6, 6.07) is -0.155. The van der Waals surface area contributed by atoms with Crippen molar-refractivity contribution in [1.82, 2.24) is 15.1 Å². The molecule has 0 bridgehead atoms. The number of anilines is 1. The third kappa shape index (κ3) is 4.12. The number of nitrogens with zero attached hydrogens (tertiary/aromatic N) is 3. The van der Waals surface area contributed by atoms with E-state index >= 15 is 0 Å². The van der Waals surface area contributed by atoms with Gasteiger partial charge in [0.2, 0.25) is 5.13 Å². The first kappa shape index (κ1) is 14.7. The van der Waals surface area contributed by atoms with E-state index in [1.165, 1.54) is 11.3 Å². The quantitative estimate of drug-likeness (QED) is 0.896. The fraction of sp³-hybridized carbons (Fsp3) is 0.769. The number of carbonyl (C=O) groups excluding carboxylic acids is 1. The standard InChI is InChI=1S/C13H20N4O3S/c18-13(15-12-16-14-9-21-12)17(7-10-3-1-5-19-10)8-11-4-2-6-20-11/h9-11H,1-8H2,(H,15,16,18)/t10-,11+. The van der Waals surface area contributed by atoms with Crippen molar-refractivity contribution in [3.05, 3.63) is 5.51 Å². The Hall–Kier alpha value is -1.25. The Morgan fingerprint density at radius 2 is 1.95 bits per heavy atom. The molecule has 0 aliphatic carbocycles. The first-order valence-corrected chi connectivity index (χ1v) is 8.24. The number of amides is 2. The Balaban J connectivity index is 1.59. The summed E-state index contributed by atoms with van der Waals surface area (Å²) in [6.07, 6.45) is 4.41. The van der Waals surface area contributed by atoms with Crippen molar-refractivity contribution in [2.45, 2.75) is 37.9 Å². The number of rotatable bonds is 5. The highest BCUT2D eigenvalue weighted by Crippen LogP contribution is 2.18. The minimum Gasteiger partial charge on any atom is -0.376 e. The fourth-order valence-corrected chi connectivity index (χ4v) is 3.14. The molecule has 0 radical (unpaired) electrons. The Morgan fingerprint density at radius 1 is 1.29 bits per heavy atom. The van der Waals surface area contributed by atoms with Crippen LogP contribution in [-0.4, -0.2) is 59.6 Å². The first-order valence-electron chi connectivity index (χ1n) is 7.36. The summed E-state index contributed by atoms with van der Waals surface area (Å²) in [5, 5.41) is 10.9. The van der Waals surface area contributed by atoms with Crippen LogP contribution >= 0.6 is 11.3 Å². The largest absolute Gasteiger partial charge is 0.376 e. The van der Waals surface area contributed by atoms with Gasteiger partial charge in [-0.3, -0.25) is 5.32 Å². The van der Waals surface area contributed by atoms with Gasteiger partial charge in [0.1, 0.15) is 5.51 Å². The minimum absolute atomic E-state index is 0.131. The van der Waals surface area contributed by atoms with Gasteiger partial charge in [0.25, 0.3) is 0 Å². The molecular formula is C13H20N4O3S. The second-order valence-corrected chi connectivity index (χ2v) is 6.18. The highest BCUT2D eigenvalue weighted by atomic mass is 32.1. The number of nitrogens with one attached hydrogen (secondary N) is 1. The Morgan fingerprint density at radius 3 is 2.43 bits per heavy atom. The average Bonchev–Trinajstić information content (AvgIpc) is 3.21. The summed E-state index contributed by atoms with van der Waals surface area (Å²) in [4.78, 5) is 14.2. The molecule has 0 spiro atoms. The van der Waals surface area contributed by atoms with E-state index in [2.05, 4.69) is 15.5 Å². The maximum Gasteiger partial charge on any atom is 0.323 e. The van der Waals surface area contributed by atoms with Crippen LogP contribution in [0.25, 0.3) is 0 Å². The lowest BCUT2D eigenvalue weighted by atomic mass is 10.2. The molecule has 7 nitrogen and oxygen atoms in total. The maximum atomic E-state index is 12.4. The van der Waals surface area contributed by atoms with E-state index in [1.54, 1.807) is 10.4 Å². The normalized spacial score (nSPS) is 25.1. The molecule has 2 saturated heterocycles. The predicted molar refractivity (Wildman–Crippen MR) is 78.4 cm³/mol. The number of ether oxygens (including phenoxy) is 2. The molecule has 1 aromatic rings. The molecule has 3 heterocycles. The van der Waals surface area contributed by atoms with Crippen molar-refractivity contribution in [2.75, 3.05) is 31.6 Å². The molecule has 2 fully saturated rings. The zero-order valence-electron chi connectivity index (χ0n) is 11.9. The Kier molecular flexibility index (Phi) is 5.00. The topological polar surface area (TPSA) is 76.6 Å². The van der Waals surface area contributed by atoms with Crippen LogP contribution < -0.4 is 5.32 Å². The van der Waals surface area contributed by atoms with E-state index in [-0.39, 0.29) is 18.2 Å². The lowest BCUT2D eigenvalue weighted by molar-refractivity contribution is 0.0524. The lowest BCUT2D eigenvalue weighted by Crippen LogP contribution is -2.44. The molecule has 1 aromatic heterocycles. The smallest absolute Gasteiger partial charge is 0.323 e. The zero-order chi connectivity index (χ0) is 14.5. The van der Waals surface area contributed by atoms with Gasteiger partial charge < -0.3 is 14.4 Å². The predicted octanol–water partition coefficient (Wildman–Crippen LogP) is 1.73. The van der Waals surface area contributed by atoms with Crippen LogP contribution in [0.1, 0.15) is 25.7 Å². The fourth-order valence-electron chi connectivity index (χ4n) is 2.71. The van der Waals surface area contributed by atoms with E-state index in [4.69, 9.17) is 9.47 Å². The summed E-state index contributed by atoms with van der Waals surface area (Å²) in [6.45, 7) is 2.78. The highest BCUT2D eigenvalue weighted by molar-refractivity contribution is 7.13. The van der Waals surface area contributed by atoms with Crippen molar-refractivity contribution in [2.24, 2.45) is 0 Å². The Labute approximate surface area is 127 Å². The number of aromatic nitrogens is 2. The second-order valence-electron chi connectivity index (χ2n) is 5.35. The Bertz CT molecular complexity index is 426. The van der Waals surface area contributed by atoms with Crippen molar-refractivity contribution in [1.29, 1.82) is 0 Å². The molecule has 0 aromatic carbocycles. The molecule has 1 N–H and O–H groups in total. The molecule has 2 aliphatic rings. The number of urea groups is 1. The van der Waals surface area contributed by atoms with Crippen molar-refractivity contribution in [3.63, 3.8) is 0 Å². The third-order valence-electron chi connectivity index (χ3n) is 3.76. The average molecular weight is 312 g/mol. The van der Waals surface area contributed by atoms with Crippen LogP contribution in [0.3, 0.4) is 0 Å².